The smallest absolute Gasteiger partial charge is 0.201 e. The van der Waals surface area contributed by atoms with E-state index in [1.807, 2.05) is 20.8 Å². The zero-order valence-corrected chi connectivity index (χ0v) is 15.3. The van der Waals surface area contributed by atoms with Crippen LogP contribution in [-0.4, -0.2) is 27.9 Å². The van der Waals surface area contributed by atoms with E-state index in [2.05, 4.69) is 6.92 Å². The van der Waals surface area contributed by atoms with Crippen molar-refractivity contribution in [2.75, 3.05) is 0 Å². The molecule has 1 saturated carbocycles. The normalized spacial score (nSPS) is 43.2. The van der Waals surface area contributed by atoms with Crippen molar-refractivity contribution in [1.82, 2.24) is 0 Å². The van der Waals surface area contributed by atoms with Gasteiger partial charge in [-0.15, -0.1) is 0 Å². The first-order chi connectivity index (χ1) is 11.6. The maximum atomic E-state index is 13.1. The predicted molar refractivity (Wildman–Crippen MR) is 90.2 cm³/mol. The number of hydrogen-bond acceptors (Lipinski definition) is 5. The topological polar surface area (TPSA) is 87.7 Å². The molecule has 5 atom stereocenters. The summed E-state index contributed by atoms with van der Waals surface area (Å²) in [4.78, 5) is 25.4. The second-order valence-corrected chi connectivity index (χ2v) is 9.04. The minimum Gasteiger partial charge on any atom is -0.465 e. The molecule has 136 valence electrons. The summed E-state index contributed by atoms with van der Waals surface area (Å²) in [6, 6.07) is 0. The second kappa shape index (κ2) is 4.83. The molecule has 0 saturated heterocycles. The second-order valence-electron chi connectivity index (χ2n) is 9.04. The summed E-state index contributed by atoms with van der Waals surface area (Å²) >= 11 is 0. The molecule has 0 spiro atoms. The molecule has 1 aromatic heterocycles. The molecule has 0 aromatic carbocycles. The van der Waals surface area contributed by atoms with Crippen LogP contribution in [0, 0.1) is 17.3 Å². The zero-order valence-electron chi connectivity index (χ0n) is 15.3. The van der Waals surface area contributed by atoms with Crippen molar-refractivity contribution >= 4 is 11.6 Å². The Labute approximate surface area is 147 Å². The first-order valence-corrected chi connectivity index (χ1v) is 9.18. The molecular formula is C20H26O5. The molecule has 1 aromatic rings. The highest BCUT2D eigenvalue weighted by molar-refractivity contribution is 6.01. The number of aliphatic hydroxyl groups is 2. The summed E-state index contributed by atoms with van der Waals surface area (Å²) in [6.45, 7) is 7.93. The predicted octanol–water partition coefficient (Wildman–Crippen LogP) is 2.72. The van der Waals surface area contributed by atoms with Crippen LogP contribution in [0.25, 0.3) is 0 Å². The van der Waals surface area contributed by atoms with Crippen molar-refractivity contribution in [1.29, 1.82) is 0 Å². The van der Waals surface area contributed by atoms with Gasteiger partial charge in [0, 0.05) is 23.3 Å². The van der Waals surface area contributed by atoms with E-state index in [1.165, 1.54) is 6.26 Å². The fourth-order valence-corrected chi connectivity index (χ4v) is 5.93. The summed E-state index contributed by atoms with van der Waals surface area (Å²) in [5.41, 5.74) is -1.81. The van der Waals surface area contributed by atoms with Gasteiger partial charge < -0.3 is 14.6 Å². The van der Waals surface area contributed by atoms with Crippen LogP contribution in [0.4, 0.5) is 0 Å². The summed E-state index contributed by atoms with van der Waals surface area (Å²) in [5, 5.41) is 22.3. The molecule has 2 N–H and O–H groups in total. The van der Waals surface area contributed by atoms with Crippen LogP contribution in [0.1, 0.15) is 75.1 Å². The molecule has 5 heteroatoms. The number of carbonyl (C=O) groups excluding carboxylic acids is 2. The van der Waals surface area contributed by atoms with Crippen molar-refractivity contribution in [2.45, 2.75) is 70.5 Å². The number of furan rings is 1. The van der Waals surface area contributed by atoms with Gasteiger partial charge in [-0.05, 0) is 30.6 Å². The van der Waals surface area contributed by atoms with E-state index >= 15 is 0 Å². The molecule has 1 fully saturated rings. The highest BCUT2D eigenvalue weighted by Crippen LogP contribution is 2.64. The van der Waals surface area contributed by atoms with Crippen LogP contribution in [0.15, 0.2) is 10.7 Å². The van der Waals surface area contributed by atoms with Crippen LogP contribution >= 0.6 is 0 Å². The maximum absolute atomic E-state index is 13.1. The Morgan fingerprint density at radius 1 is 1.20 bits per heavy atom. The monoisotopic (exact) mass is 346 g/mol. The fourth-order valence-electron chi connectivity index (χ4n) is 5.93. The molecule has 0 unspecified atom stereocenters. The number of aliphatic hydroxyl groups excluding tert-OH is 1. The standard InChI is InChI=1S/C20H26O5/c1-10(2)13-15(22)16(23)20(24)17-14-11(9-25-17)12(21)5-6-18(14,3)7-8-19(13,20)4/h9-10,13,15,22,24H,5-8H2,1-4H3/t13-,15+,18-,19+,20+/m0/s1. The lowest BCUT2D eigenvalue weighted by atomic mass is 9.64. The molecular weight excluding hydrogens is 320 g/mol. The number of ketones is 2. The summed E-state index contributed by atoms with van der Waals surface area (Å²) in [5.74, 6) is -0.711. The largest absolute Gasteiger partial charge is 0.465 e. The van der Waals surface area contributed by atoms with Crippen molar-refractivity contribution < 1.29 is 24.2 Å². The average Bonchev–Trinajstić information content (AvgIpc) is 3.04. The molecule has 25 heavy (non-hydrogen) atoms. The molecule has 0 aliphatic heterocycles. The summed E-state index contributed by atoms with van der Waals surface area (Å²) in [6.07, 6.45) is 2.68. The van der Waals surface area contributed by atoms with Crippen LogP contribution in [0.3, 0.4) is 0 Å². The summed E-state index contributed by atoms with van der Waals surface area (Å²) in [7, 11) is 0. The van der Waals surface area contributed by atoms with Crippen molar-refractivity contribution in [3.63, 3.8) is 0 Å². The first-order valence-electron chi connectivity index (χ1n) is 9.18. The average molecular weight is 346 g/mol. The maximum Gasteiger partial charge on any atom is 0.201 e. The van der Waals surface area contributed by atoms with Gasteiger partial charge in [0.2, 0.25) is 5.78 Å². The number of rotatable bonds is 1. The Morgan fingerprint density at radius 3 is 2.52 bits per heavy atom. The van der Waals surface area contributed by atoms with E-state index in [4.69, 9.17) is 4.42 Å². The van der Waals surface area contributed by atoms with Gasteiger partial charge in [0.1, 0.15) is 18.1 Å². The summed E-state index contributed by atoms with van der Waals surface area (Å²) < 4.78 is 5.73. The van der Waals surface area contributed by atoms with E-state index < -0.39 is 22.9 Å². The molecule has 0 radical (unpaired) electrons. The highest BCUT2D eigenvalue weighted by Gasteiger charge is 2.71. The minimum atomic E-state index is -1.88. The van der Waals surface area contributed by atoms with Gasteiger partial charge in [0.15, 0.2) is 11.4 Å². The van der Waals surface area contributed by atoms with Crippen LogP contribution in [0.5, 0.6) is 0 Å². The Morgan fingerprint density at radius 2 is 1.88 bits per heavy atom. The third-order valence-electron chi connectivity index (χ3n) is 7.37. The number of fused-ring (bicyclic) bond motifs is 2. The molecule has 0 bridgehead atoms. The number of hydrogen-bond donors (Lipinski definition) is 2. The lowest BCUT2D eigenvalue weighted by molar-refractivity contribution is -0.152. The molecule has 3 aliphatic carbocycles. The van der Waals surface area contributed by atoms with Crippen molar-refractivity contribution in [3.05, 3.63) is 23.2 Å². The Kier molecular flexibility index (Phi) is 3.28. The van der Waals surface area contributed by atoms with Crippen LogP contribution < -0.4 is 0 Å². The molecule has 4 rings (SSSR count). The molecule has 0 amide bonds. The van der Waals surface area contributed by atoms with E-state index in [1.54, 1.807) is 0 Å². The van der Waals surface area contributed by atoms with E-state index in [-0.39, 0.29) is 28.8 Å². The fraction of sp³-hybridized carbons (Fsp3) is 0.700. The highest BCUT2D eigenvalue weighted by atomic mass is 16.4. The number of carbonyl (C=O) groups is 2. The first kappa shape index (κ1) is 17.0. The van der Waals surface area contributed by atoms with Crippen LogP contribution in [0.2, 0.25) is 0 Å². The van der Waals surface area contributed by atoms with Gasteiger partial charge in [0.25, 0.3) is 0 Å². The van der Waals surface area contributed by atoms with Crippen LogP contribution in [-0.2, 0) is 15.8 Å². The Bertz CT molecular complexity index is 777. The van der Waals surface area contributed by atoms with Gasteiger partial charge in [-0.2, -0.15) is 0 Å². The van der Waals surface area contributed by atoms with Crippen molar-refractivity contribution in [3.8, 4) is 0 Å². The quantitative estimate of drug-likeness (QED) is 0.816. The van der Waals surface area contributed by atoms with Crippen molar-refractivity contribution in [2.24, 2.45) is 17.3 Å². The van der Waals surface area contributed by atoms with Gasteiger partial charge in [0.05, 0.1) is 5.56 Å². The SMILES string of the molecule is CC(C)[C@H]1[C@@H](O)C(=O)[C@@]2(O)c3occ4c3[C@@](C)(CCC4=O)CC[C@]12C. The van der Waals surface area contributed by atoms with Gasteiger partial charge in [-0.1, -0.05) is 27.7 Å². The van der Waals surface area contributed by atoms with Gasteiger partial charge >= 0.3 is 0 Å². The van der Waals surface area contributed by atoms with E-state index in [0.717, 1.165) is 6.42 Å². The van der Waals surface area contributed by atoms with E-state index in [9.17, 15) is 19.8 Å². The molecule has 3 aliphatic rings. The lowest BCUT2D eigenvalue weighted by Gasteiger charge is -2.41. The van der Waals surface area contributed by atoms with Gasteiger partial charge in [-0.3, -0.25) is 9.59 Å². The third kappa shape index (κ3) is 1.76. The lowest BCUT2D eigenvalue weighted by Crippen LogP contribution is -2.46. The van der Waals surface area contributed by atoms with E-state index in [0.29, 0.717) is 30.4 Å². The molecule has 1 heterocycles. The Hall–Kier alpha value is -1.46. The number of Topliss-reactive ketones (excluding diaryl/α,β-unsaturated/α-hetero) is 2. The molecule has 5 nitrogen and oxygen atoms in total. The third-order valence-corrected chi connectivity index (χ3v) is 7.37. The Balaban J connectivity index is 2.03. The zero-order chi connectivity index (χ0) is 18.4. The van der Waals surface area contributed by atoms with Gasteiger partial charge in [-0.25, -0.2) is 0 Å². The minimum absolute atomic E-state index is 0.00100.